The molecule has 0 aliphatic heterocycles. The Morgan fingerprint density at radius 2 is 2.43 bits per heavy atom. The second-order valence-electron chi connectivity index (χ2n) is 1.11. The summed E-state index contributed by atoms with van der Waals surface area (Å²) in [5, 5.41) is -0.130. The number of carbonyl (C=O) groups excluding carboxylic acids is 1. The predicted octanol–water partition coefficient (Wildman–Crippen LogP) is 1.46. The highest BCUT2D eigenvalue weighted by molar-refractivity contribution is 7.99. The van der Waals surface area contributed by atoms with Crippen molar-refractivity contribution in [3.63, 3.8) is 0 Å². The van der Waals surface area contributed by atoms with Crippen molar-refractivity contribution in [2.24, 2.45) is 0 Å². The van der Waals surface area contributed by atoms with Crippen LogP contribution in [0.25, 0.3) is 0 Å². The molecule has 0 unspecified atom stereocenters. The molecule has 0 aromatic rings. The minimum Gasteiger partial charge on any atom is -0.282 e. The van der Waals surface area contributed by atoms with Gasteiger partial charge in [0, 0.05) is 12.2 Å². The zero-order valence-corrected chi connectivity index (χ0v) is 5.77. The lowest BCUT2D eigenvalue weighted by molar-refractivity contribution is -0.110. The molecule has 0 amide bonds. The van der Waals surface area contributed by atoms with Gasteiger partial charge in [-0.3, -0.25) is 4.79 Å². The van der Waals surface area contributed by atoms with Crippen LogP contribution in [0.15, 0.2) is 0 Å². The van der Waals surface area contributed by atoms with Crippen molar-refractivity contribution < 1.29 is 4.79 Å². The maximum Gasteiger partial charge on any atom is 0.219 e. The Kier molecular flexibility index (Phi) is 4.55. The molecular weight excluding hydrogens is 128 g/mol. The second kappa shape index (κ2) is 4.40. The van der Waals surface area contributed by atoms with Crippen LogP contribution in [0.1, 0.15) is 6.42 Å². The third-order valence-electron chi connectivity index (χ3n) is 0.510. The summed E-state index contributed by atoms with van der Waals surface area (Å²) in [5.41, 5.74) is 0. The van der Waals surface area contributed by atoms with Crippen molar-refractivity contribution >= 4 is 29.5 Å². The summed E-state index contributed by atoms with van der Waals surface area (Å²) in [6, 6.07) is 0. The zero-order chi connectivity index (χ0) is 5.70. The molecule has 1 nitrogen and oxygen atoms in total. The Bertz CT molecular complexity index is 62.7. The van der Waals surface area contributed by atoms with Crippen LogP contribution in [0.2, 0.25) is 0 Å². The first-order valence-electron chi connectivity index (χ1n) is 1.96. The Labute approximate surface area is 53.3 Å². The van der Waals surface area contributed by atoms with E-state index in [1.807, 2.05) is 6.26 Å². The summed E-state index contributed by atoms with van der Waals surface area (Å²) in [4.78, 5) is 10.0. The van der Waals surface area contributed by atoms with Gasteiger partial charge in [0.25, 0.3) is 0 Å². The van der Waals surface area contributed by atoms with Gasteiger partial charge in [0.2, 0.25) is 5.12 Å². The third-order valence-corrected chi connectivity index (χ3v) is 1.33. The topological polar surface area (TPSA) is 17.1 Å². The molecule has 0 spiro atoms. The molecule has 0 aliphatic carbocycles. The van der Waals surface area contributed by atoms with Crippen molar-refractivity contribution in [3.8, 4) is 0 Å². The van der Waals surface area contributed by atoms with Crippen molar-refractivity contribution in [1.82, 2.24) is 0 Å². The molecule has 0 rings (SSSR count). The van der Waals surface area contributed by atoms with Crippen LogP contribution >= 0.6 is 24.4 Å². The summed E-state index contributed by atoms with van der Waals surface area (Å²) >= 11 is 5.93. The molecule has 0 N–H and O–H groups in total. The van der Waals surface area contributed by atoms with Gasteiger partial charge in [0.05, 0.1) is 0 Å². The number of carbonyl (C=O) groups is 1. The van der Waals surface area contributed by atoms with Crippen molar-refractivity contribution in [2.45, 2.75) is 6.42 Å². The van der Waals surface area contributed by atoms with Gasteiger partial charge in [-0.2, -0.15) is 11.8 Å². The fourth-order valence-corrected chi connectivity index (χ4v) is 0.806. The molecule has 1 radical (unpaired) electrons. The van der Waals surface area contributed by atoms with Gasteiger partial charge in [-0.25, -0.2) is 0 Å². The first-order chi connectivity index (χ1) is 3.27. The van der Waals surface area contributed by atoms with E-state index in [0.29, 0.717) is 6.42 Å². The van der Waals surface area contributed by atoms with E-state index in [-0.39, 0.29) is 5.12 Å². The lowest BCUT2D eigenvalue weighted by Crippen LogP contribution is -1.86. The van der Waals surface area contributed by atoms with E-state index in [2.05, 4.69) is 12.6 Å². The molecule has 0 heterocycles. The van der Waals surface area contributed by atoms with E-state index in [0.717, 1.165) is 5.75 Å². The van der Waals surface area contributed by atoms with Crippen LogP contribution in [-0.2, 0) is 4.79 Å². The van der Waals surface area contributed by atoms with Gasteiger partial charge < -0.3 is 0 Å². The van der Waals surface area contributed by atoms with E-state index in [9.17, 15) is 4.79 Å². The number of thioether (sulfide) groups is 1. The van der Waals surface area contributed by atoms with Crippen LogP contribution in [0.3, 0.4) is 0 Å². The van der Waals surface area contributed by atoms with E-state index >= 15 is 0 Å². The van der Waals surface area contributed by atoms with Gasteiger partial charge in [0.1, 0.15) is 0 Å². The summed E-state index contributed by atoms with van der Waals surface area (Å²) in [5.74, 6) is 0.863. The first kappa shape index (κ1) is 7.24. The monoisotopic (exact) mass is 135 g/mol. The van der Waals surface area contributed by atoms with Gasteiger partial charge in [0.15, 0.2) is 0 Å². The lowest BCUT2D eigenvalue weighted by Gasteiger charge is -1.84. The molecule has 41 valence electrons. The van der Waals surface area contributed by atoms with Gasteiger partial charge in [-0.1, -0.05) is 0 Å². The first-order valence-corrected chi connectivity index (χ1v) is 3.76. The SMILES string of the molecule is CSCCC(=O)[S]. The molecule has 0 fully saturated rings. The van der Waals surface area contributed by atoms with E-state index in [1.54, 1.807) is 11.8 Å². The van der Waals surface area contributed by atoms with Crippen molar-refractivity contribution in [1.29, 1.82) is 0 Å². The average molecular weight is 135 g/mol. The van der Waals surface area contributed by atoms with Crippen LogP contribution < -0.4 is 0 Å². The normalized spacial score (nSPS) is 8.71. The molecule has 0 aromatic heterocycles. The fourth-order valence-electron chi connectivity index (χ4n) is 0.185. The molecule has 0 atom stereocenters. The molecule has 3 heteroatoms. The summed E-state index contributed by atoms with van der Waals surface area (Å²) in [6.45, 7) is 0. The van der Waals surface area contributed by atoms with Crippen molar-refractivity contribution in [3.05, 3.63) is 0 Å². The molecule has 0 bridgehead atoms. The average Bonchev–Trinajstić information content (AvgIpc) is 1.61. The second-order valence-corrected chi connectivity index (χ2v) is 2.56. The molecule has 0 saturated heterocycles. The highest BCUT2D eigenvalue weighted by atomic mass is 32.2. The fraction of sp³-hybridized carbons (Fsp3) is 0.750. The molecule has 7 heavy (non-hydrogen) atoms. The standard InChI is InChI=1S/C4H7OS2/c1-7-3-2-4(5)6/h2-3H2,1H3. The smallest absolute Gasteiger partial charge is 0.219 e. The maximum atomic E-state index is 10.0. The largest absolute Gasteiger partial charge is 0.282 e. The van der Waals surface area contributed by atoms with E-state index in [4.69, 9.17) is 0 Å². The van der Waals surface area contributed by atoms with Crippen LogP contribution in [0, 0.1) is 0 Å². The lowest BCUT2D eigenvalue weighted by atomic mass is 10.5. The van der Waals surface area contributed by atoms with E-state index in [1.165, 1.54) is 0 Å². The van der Waals surface area contributed by atoms with Crippen LogP contribution in [-0.4, -0.2) is 17.1 Å². The number of hydrogen-bond donors (Lipinski definition) is 0. The molecule has 0 aliphatic rings. The quantitative estimate of drug-likeness (QED) is 0.583. The van der Waals surface area contributed by atoms with Crippen LogP contribution in [0.5, 0.6) is 0 Å². The Morgan fingerprint density at radius 1 is 1.86 bits per heavy atom. The highest BCUT2D eigenvalue weighted by Gasteiger charge is 1.90. The van der Waals surface area contributed by atoms with Crippen LogP contribution in [0.4, 0.5) is 0 Å². The Balaban J connectivity index is 2.82. The van der Waals surface area contributed by atoms with Gasteiger partial charge in [-0.05, 0) is 18.9 Å². The van der Waals surface area contributed by atoms with E-state index < -0.39 is 0 Å². The molecule has 0 aromatic carbocycles. The summed E-state index contributed by atoms with van der Waals surface area (Å²) in [7, 11) is 0. The molecular formula is C4H7OS2. The van der Waals surface area contributed by atoms with Gasteiger partial charge >= 0.3 is 0 Å². The minimum atomic E-state index is -0.130. The maximum absolute atomic E-state index is 10.0. The Hall–Kier alpha value is 0.240. The van der Waals surface area contributed by atoms with Crippen molar-refractivity contribution in [2.75, 3.05) is 12.0 Å². The minimum absolute atomic E-state index is 0.130. The van der Waals surface area contributed by atoms with Gasteiger partial charge in [-0.15, -0.1) is 0 Å². The number of rotatable bonds is 3. The zero-order valence-electron chi connectivity index (χ0n) is 4.14. The highest BCUT2D eigenvalue weighted by Crippen LogP contribution is 1.96. The number of hydrogen-bond acceptors (Lipinski definition) is 2. The molecule has 0 saturated carbocycles. The Morgan fingerprint density at radius 3 is 2.57 bits per heavy atom. The predicted molar refractivity (Wildman–Crippen MR) is 35.6 cm³/mol. The third kappa shape index (κ3) is 6.24. The summed E-state index contributed by atoms with van der Waals surface area (Å²) < 4.78 is 0. The summed E-state index contributed by atoms with van der Waals surface area (Å²) in [6.07, 6.45) is 2.49.